The van der Waals surface area contributed by atoms with E-state index in [2.05, 4.69) is 20.0 Å². The molecule has 2 aromatic rings. The van der Waals surface area contributed by atoms with E-state index in [9.17, 15) is 0 Å². The number of likely N-dealkylation sites (tertiary alicyclic amines) is 1. The van der Waals surface area contributed by atoms with Gasteiger partial charge in [-0.25, -0.2) is 4.98 Å². The summed E-state index contributed by atoms with van der Waals surface area (Å²) < 4.78 is 10.7. The summed E-state index contributed by atoms with van der Waals surface area (Å²) in [7, 11) is 1.61. The monoisotopic (exact) mass is 328 g/mol. The van der Waals surface area contributed by atoms with Crippen LogP contribution in [0.1, 0.15) is 56.9 Å². The van der Waals surface area contributed by atoms with Crippen LogP contribution in [0.25, 0.3) is 11.4 Å². The van der Waals surface area contributed by atoms with Gasteiger partial charge in [0, 0.05) is 23.9 Å². The van der Waals surface area contributed by atoms with Crippen LogP contribution < -0.4 is 4.74 Å². The van der Waals surface area contributed by atoms with E-state index in [1.54, 1.807) is 13.3 Å². The molecule has 0 radical (unpaired) electrons. The first kappa shape index (κ1) is 15.6. The van der Waals surface area contributed by atoms with Crippen LogP contribution in [0.5, 0.6) is 5.88 Å². The summed E-state index contributed by atoms with van der Waals surface area (Å²) in [5.41, 5.74) is 0.855. The smallest absolute Gasteiger partial charge is 0.244 e. The molecule has 4 rings (SSSR count). The van der Waals surface area contributed by atoms with Crippen LogP contribution in [0.4, 0.5) is 0 Å². The molecule has 2 fully saturated rings. The van der Waals surface area contributed by atoms with Gasteiger partial charge < -0.3 is 9.26 Å². The van der Waals surface area contributed by atoms with Gasteiger partial charge in [0.15, 0.2) is 0 Å². The Bertz CT molecular complexity index is 664. The maximum absolute atomic E-state index is 5.62. The highest BCUT2D eigenvalue weighted by Gasteiger charge is 2.35. The zero-order valence-corrected chi connectivity index (χ0v) is 14.1. The number of hydrogen-bond donors (Lipinski definition) is 0. The predicted molar refractivity (Wildman–Crippen MR) is 89.6 cm³/mol. The zero-order valence-electron chi connectivity index (χ0n) is 14.1. The largest absolute Gasteiger partial charge is 0.481 e. The predicted octanol–water partition coefficient (Wildman–Crippen LogP) is 3.61. The van der Waals surface area contributed by atoms with Crippen molar-refractivity contribution in [2.24, 2.45) is 0 Å². The van der Waals surface area contributed by atoms with E-state index in [4.69, 9.17) is 9.26 Å². The van der Waals surface area contributed by atoms with Crippen LogP contribution in [0.3, 0.4) is 0 Å². The second-order valence-corrected chi connectivity index (χ2v) is 6.73. The van der Waals surface area contributed by atoms with E-state index >= 15 is 0 Å². The van der Waals surface area contributed by atoms with Gasteiger partial charge in [-0.2, -0.15) is 4.98 Å². The molecule has 0 N–H and O–H groups in total. The topological polar surface area (TPSA) is 64.3 Å². The zero-order chi connectivity index (χ0) is 16.4. The molecule has 1 unspecified atom stereocenters. The maximum Gasteiger partial charge on any atom is 0.244 e. The molecule has 0 bridgehead atoms. The second-order valence-electron chi connectivity index (χ2n) is 6.73. The first-order valence-corrected chi connectivity index (χ1v) is 8.95. The lowest BCUT2D eigenvalue weighted by atomic mass is 9.94. The summed E-state index contributed by atoms with van der Waals surface area (Å²) in [6.07, 6.45) is 10.7. The molecule has 1 aliphatic carbocycles. The van der Waals surface area contributed by atoms with Crippen LogP contribution >= 0.6 is 0 Å². The Hall–Kier alpha value is -1.95. The third-order valence-corrected chi connectivity index (χ3v) is 5.27. The van der Waals surface area contributed by atoms with E-state index in [0.717, 1.165) is 24.4 Å². The number of aromatic nitrogens is 3. The SMILES string of the molecule is COc1ccc(-c2noc(C3CCCN3C3CCCCC3)n2)cn1. The minimum absolute atomic E-state index is 0.278. The maximum atomic E-state index is 5.62. The van der Waals surface area contributed by atoms with Gasteiger partial charge in [0.25, 0.3) is 0 Å². The van der Waals surface area contributed by atoms with Crippen molar-refractivity contribution in [2.75, 3.05) is 13.7 Å². The first-order valence-electron chi connectivity index (χ1n) is 8.95. The Morgan fingerprint density at radius 2 is 2.00 bits per heavy atom. The lowest BCUT2D eigenvalue weighted by molar-refractivity contribution is 0.121. The van der Waals surface area contributed by atoms with E-state index in [1.807, 2.05) is 12.1 Å². The van der Waals surface area contributed by atoms with E-state index in [1.165, 1.54) is 38.5 Å². The molecular formula is C18H24N4O2. The molecule has 128 valence electrons. The van der Waals surface area contributed by atoms with Crippen LogP contribution in [0.15, 0.2) is 22.9 Å². The summed E-state index contributed by atoms with van der Waals surface area (Å²) in [5, 5.41) is 4.17. The summed E-state index contributed by atoms with van der Waals surface area (Å²) in [5.74, 6) is 1.95. The van der Waals surface area contributed by atoms with Crippen molar-refractivity contribution in [1.82, 2.24) is 20.0 Å². The fourth-order valence-electron chi connectivity index (χ4n) is 4.03. The highest BCUT2D eigenvalue weighted by molar-refractivity contribution is 5.53. The van der Waals surface area contributed by atoms with Crippen molar-refractivity contribution >= 4 is 0 Å². The number of rotatable bonds is 4. The number of pyridine rings is 1. The van der Waals surface area contributed by atoms with Crippen LogP contribution in [-0.4, -0.2) is 39.7 Å². The molecule has 1 aliphatic heterocycles. The second kappa shape index (κ2) is 6.89. The van der Waals surface area contributed by atoms with Crippen molar-refractivity contribution in [3.8, 4) is 17.3 Å². The average molecular weight is 328 g/mol. The summed E-state index contributed by atoms with van der Waals surface area (Å²) in [6, 6.07) is 4.69. The quantitative estimate of drug-likeness (QED) is 0.854. The van der Waals surface area contributed by atoms with Crippen LogP contribution in [0, 0.1) is 0 Å². The van der Waals surface area contributed by atoms with Gasteiger partial charge in [0.2, 0.25) is 17.6 Å². The normalized spacial score (nSPS) is 22.8. The molecule has 0 amide bonds. The van der Waals surface area contributed by atoms with Gasteiger partial charge in [-0.15, -0.1) is 0 Å². The van der Waals surface area contributed by atoms with Crippen LogP contribution in [0.2, 0.25) is 0 Å². The summed E-state index contributed by atoms with van der Waals surface area (Å²) in [6.45, 7) is 1.15. The Kier molecular flexibility index (Phi) is 4.47. The van der Waals surface area contributed by atoms with Crippen LogP contribution in [-0.2, 0) is 0 Å². The molecule has 24 heavy (non-hydrogen) atoms. The van der Waals surface area contributed by atoms with Gasteiger partial charge in [0.1, 0.15) is 0 Å². The Labute approximate surface area is 142 Å². The molecule has 6 nitrogen and oxygen atoms in total. The number of hydrogen-bond acceptors (Lipinski definition) is 6. The molecule has 3 heterocycles. The minimum Gasteiger partial charge on any atom is -0.481 e. The molecular weight excluding hydrogens is 304 g/mol. The van der Waals surface area contributed by atoms with Gasteiger partial charge in [-0.1, -0.05) is 24.4 Å². The van der Waals surface area contributed by atoms with Crippen molar-refractivity contribution < 1.29 is 9.26 Å². The summed E-state index contributed by atoms with van der Waals surface area (Å²) >= 11 is 0. The third kappa shape index (κ3) is 3.02. The van der Waals surface area contributed by atoms with Gasteiger partial charge in [0.05, 0.1) is 13.2 Å². The molecule has 6 heteroatoms. The molecule has 0 spiro atoms. The Morgan fingerprint density at radius 3 is 2.75 bits per heavy atom. The van der Waals surface area contributed by atoms with E-state index in [0.29, 0.717) is 17.7 Å². The fraction of sp³-hybridized carbons (Fsp3) is 0.611. The van der Waals surface area contributed by atoms with Gasteiger partial charge in [-0.3, -0.25) is 4.90 Å². The molecule has 2 aliphatic rings. The van der Waals surface area contributed by atoms with Crippen molar-refractivity contribution in [1.29, 1.82) is 0 Å². The highest BCUT2D eigenvalue weighted by atomic mass is 16.5. The number of methoxy groups -OCH3 is 1. The molecule has 1 atom stereocenters. The number of nitrogens with zero attached hydrogens (tertiary/aromatic N) is 4. The average Bonchev–Trinajstić information content (AvgIpc) is 3.32. The van der Waals surface area contributed by atoms with E-state index < -0.39 is 0 Å². The number of ether oxygens (including phenoxy) is 1. The van der Waals surface area contributed by atoms with Crippen molar-refractivity contribution in [3.05, 3.63) is 24.2 Å². The highest BCUT2D eigenvalue weighted by Crippen LogP contribution is 2.37. The van der Waals surface area contributed by atoms with E-state index in [-0.39, 0.29) is 6.04 Å². The molecule has 1 saturated carbocycles. The van der Waals surface area contributed by atoms with Gasteiger partial charge >= 0.3 is 0 Å². The summed E-state index contributed by atoms with van der Waals surface area (Å²) in [4.78, 5) is 11.5. The lowest BCUT2D eigenvalue weighted by Gasteiger charge is -2.34. The lowest BCUT2D eigenvalue weighted by Crippen LogP contribution is -2.36. The molecule has 1 saturated heterocycles. The Morgan fingerprint density at radius 1 is 1.12 bits per heavy atom. The third-order valence-electron chi connectivity index (χ3n) is 5.27. The van der Waals surface area contributed by atoms with Gasteiger partial charge in [-0.05, 0) is 38.3 Å². The minimum atomic E-state index is 0.278. The first-order chi connectivity index (χ1) is 11.8. The molecule has 0 aromatic carbocycles. The Balaban J connectivity index is 1.52. The molecule has 2 aromatic heterocycles. The fourth-order valence-corrected chi connectivity index (χ4v) is 4.03. The van der Waals surface area contributed by atoms with Crippen molar-refractivity contribution in [3.63, 3.8) is 0 Å². The van der Waals surface area contributed by atoms with Crippen molar-refractivity contribution in [2.45, 2.75) is 57.0 Å². The standard InChI is InChI=1S/C18H24N4O2/c1-23-16-10-9-13(12-19-16)17-20-18(24-21-17)15-8-5-11-22(15)14-6-3-2-4-7-14/h9-10,12,14-15H,2-8,11H2,1H3.